The van der Waals surface area contributed by atoms with Crippen LogP contribution in [0, 0.1) is 0 Å². The number of hydrogen-bond donors (Lipinski definition) is 1. The number of amides is 1. The fraction of sp³-hybridized carbons (Fsp3) is 0.533. The van der Waals surface area contributed by atoms with Crippen LogP contribution in [-0.2, 0) is 21.3 Å². The van der Waals surface area contributed by atoms with E-state index in [1.807, 2.05) is 43.3 Å². The summed E-state index contributed by atoms with van der Waals surface area (Å²) < 4.78 is 11.2. The minimum Gasteiger partial charge on any atom is -0.325 e. The molecule has 0 aliphatic rings. The van der Waals surface area contributed by atoms with Gasteiger partial charge in [0.05, 0.1) is 6.04 Å². The number of nitrogens with one attached hydrogen (secondary N) is 1. The van der Waals surface area contributed by atoms with Crippen molar-refractivity contribution in [3.8, 4) is 0 Å². The predicted octanol–water partition coefficient (Wildman–Crippen LogP) is 2.23. The summed E-state index contributed by atoms with van der Waals surface area (Å²) in [5.41, 5.74) is 1.74. The van der Waals surface area contributed by atoms with E-state index in [0.717, 1.165) is 24.1 Å². The predicted molar refractivity (Wildman–Crippen MR) is 85.2 cm³/mol. The maximum absolute atomic E-state index is 12.3. The van der Waals surface area contributed by atoms with Gasteiger partial charge >= 0.3 is 0 Å². The number of anilines is 1. The standard InChI is InChI=1S/C15H24N2O2S/c1-5-7-14(17(2)3)15(18)16-13-9-6-8-12(10-13)11-20(4)19/h6,8-10,14H,5,7,11H2,1-4H3,(H,16,18)/t14-,20-/m0/s1. The van der Waals surface area contributed by atoms with E-state index in [0.29, 0.717) is 5.75 Å². The second kappa shape index (κ2) is 8.17. The topological polar surface area (TPSA) is 49.4 Å². The summed E-state index contributed by atoms with van der Waals surface area (Å²) in [5, 5.41) is 2.94. The van der Waals surface area contributed by atoms with Gasteiger partial charge in [-0.2, -0.15) is 0 Å². The Morgan fingerprint density at radius 2 is 2.10 bits per heavy atom. The third-order valence-corrected chi connectivity index (χ3v) is 3.79. The Balaban J connectivity index is 2.76. The number of likely N-dealkylation sites (N-methyl/N-ethyl adjacent to an activating group) is 1. The molecule has 5 heteroatoms. The van der Waals surface area contributed by atoms with Crippen LogP contribution in [0.3, 0.4) is 0 Å². The van der Waals surface area contributed by atoms with Crippen LogP contribution in [-0.4, -0.2) is 41.4 Å². The Bertz CT molecular complexity index is 475. The fourth-order valence-electron chi connectivity index (χ4n) is 2.10. The van der Waals surface area contributed by atoms with E-state index >= 15 is 0 Å². The Hall–Kier alpha value is -1.20. The molecule has 0 radical (unpaired) electrons. The van der Waals surface area contributed by atoms with Crippen molar-refractivity contribution >= 4 is 22.4 Å². The second-order valence-electron chi connectivity index (χ2n) is 5.18. The highest BCUT2D eigenvalue weighted by Gasteiger charge is 2.19. The van der Waals surface area contributed by atoms with Crippen molar-refractivity contribution in [2.45, 2.75) is 31.6 Å². The number of rotatable bonds is 7. The number of nitrogens with zero attached hydrogens (tertiary/aromatic N) is 1. The Kier molecular flexibility index (Phi) is 6.88. The van der Waals surface area contributed by atoms with Crippen LogP contribution in [0.4, 0.5) is 5.69 Å². The first-order valence-corrected chi connectivity index (χ1v) is 8.53. The average molecular weight is 296 g/mol. The highest BCUT2D eigenvalue weighted by Crippen LogP contribution is 2.14. The van der Waals surface area contributed by atoms with Gasteiger partial charge in [0.2, 0.25) is 5.91 Å². The Morgan fingerprint density at radius 3 is 2.65 bits per heavy atom. The zero-order chi connectivity index (χ0) is 15.1. The van der Waals surface area contributed by atoms with E-state index < -0.39 is 10.8 Å². The highest BCUT2D eigenvalue weighted by molar-refractivity contribution is 7.83. The molecule has 1 amide bonds. The van der Waals surface area contributed by atoms with E-state index in [4.69, 9.17) is 0 Å². The summed E-state index contributed by atoms with van der Waals surface area (Å²) in [6.07, 6.45) is 3.47. The third kappa shape index (κ3) is 5.43. The highest BCUT2D eigenvalue weighted by atomic mass is 32.2. The summed E-state index contributed by atoms with van der Waals surface area (Å²) in [4.78, 5) is 14.2. The SMILES string of the molecule is CCC[C@@H](C(=O)Nc1cccc(C[S@](C)=O)c1)N(C)C. The summed E-state index contributed by atoms with van der Waals surface area (Å²) in [7, 11) is 2.95. The van der Waals surface area contributed by atoms with Crippen LogP contribution in [0.1, 0.15) is 25.3 Å². The molecule has 0 bridgehead atoms. The van der Waals surface area contributed by atoms with Gasteiger partial charge in [0.15, 0.2) is 0 Å². The van der Waals surface area contributed by atoms with Gasteiger partial charge in [0.1, 0.15) is 0 Å². The molecule has 0 saturated carbocycles. The monoisotopic (exact) mass is 296 g/mol. The van der Waals surface area contributed by atoms with Crippen molar-refractivity contribution < 1.29 is 9.00 Å². The van der Waals surface area contributed by atoms with Gasteiger partial charge in [-0.1, -0.05) is 25.5 Å². The maximum Gasteiger partial charge on any atom is 0.241 e. The van der Waals surface area contributed by atoms with Crippen LogP contribution in [0.5, 0.6) is 0 Å². The lowest BCUT2D eigenvalue weighted by Crippen LogP contribution is -2.39. The molecule has 0 aromatic heterocycles. The van der Waals surface area contributed by atoms with Gasteiger partial charge in [0, 0.05) is 28.5 Å². The maximum atomic E-state index is 12.3. The van der Waals surface area contributed by atoms with Gasteiger partial charge in [-0.15, -0.1) is 0 Å². The van der Waals surface area contributed by atoms with Crippen molar-refractivity contribution in [2.75, 3.05) is 25.7 Å². The molecule has 0 spiro atoms. The van der Waals surface area contributed by atoms with Crippen molar-refractivity contribution in [1.82, 2.24) is 4.90 Å². The largest absolute Gasteiger partial charge is 0.325 e. The molecule has 1 aromatic rings. The summed E-state index contributed by atoms with van der Waals surface area (Å²) in [5.74, 6) is 0.516. The quantitative estimate of drug-likeness (QED) is 0.839. The molecule has 112 valence electrons. The number of hydrogen-bond acceptors (Lipinski definition) is 3. The molecule has 1 rings (SSSR count). The first-order valence-electron chi connectivity index (χ1n) is 6.80. The lowest BCUT2D eigenvalue weighted by molar-refractivity contribution is -0.120. The number of benzene rings is 1. The zero-order valence-corrected chi connectivity index (χ0v) is 13.5. The lowest BCUT2D eigenvalue weighted by Gasteiger charge is -2.23. The van der Waals surface area contributed by atoms with Crippen LogP contribution < -0.4 is 5.32 Å². The molecule has 0 aliphatic carbocycles. The van der Waals surface area contributed by atoms with Crippen molar-refractivity contribution in [3.63, 3.8) is 0 Å². The van der Waals surface area contributed by atoms with Gasteiger partial charge in [-0.3, -0.25) is 13.9 Å². The first kappa shape index (κ1) is 16.9. The lowest BCUT2D eigenvalue weighted by atomic mass is 10.1. The number of carbonyl (C=O) groups excluding carboxylic acids is 1. The molecule has 2 atom stereocenters. The minimum absolute atomic E-state index is 0.00613. The first-order chi connectivity index (χ1) is 9.43. The number of carbonyl (C=O) groups is 1. The Morgan fingerprint density at radius 1 is 1.40 bits per heavy atom. The molecule has 0 saturated heterocycles. The van der Waals surface area contributed by atoms with Crippen LogP contribution >= 0.6 is 0 Å². The molecule has 4 nitrogen and oxygen atoms in total. The minimum atomic E-state index is -0.878. The smallest absolute Gasteiger partial charge is 0.241 e. The van der Waals surface area contributed by atoms with E-state index in [1.165, 1.54) is 0 Å². The molecule has 0 fully saturated rings. The van der Waals surface area contributed by atoms with Gasteiger partial charge in [-0.05, 0) is 38.2 Å². The fourth-order valence-corrected chi connectivity index (χ4v) is 2.75. The van der Waals surface area contributed by atoms with Gasteiger partial charge in [-0.25, -0.2) is 0 Å². The van der Waals surface area contributed by atoms with E-state index in [-0.39, 0.29) is 11.9 Å². The van der Waals surface area contributed by atoms with Crippen LogP contribution in [0.2, 0.25) is 0 Å². The van der Waals surface area contributed by atoms with Crippen molar-refractivity contribution in [3.05, 3.63) is 29.8 Å². The van der Waals surface area contributed by atoms with Crippen LogP contribution in [0.25, 0.3) is 0 Å². The average Bonchev–Trinajstić information content (AvgIpc) is 2.34. The van der Waals surface area contributed by atoms with Crippen LogP contribution in [0.15, 0.2) is 24.3 Å². The zero-order valence-electron chi connectivity index (χ0n) is 12.7. The molecule has 0 aliphatic heterocycles. The molecular weight excluding hydrogens is 272 g/mol. The molecule has 1 N–H and O–H groups in total. The normalized spacial score (nSPS) is 14.1. The Labute approximate surface area is 124 Å². The van der Waals surface area contributed by atoms with Gasteiger partial charge < -0.3 is 5.32 Å². The second-order valence-corrected chi connectivity index (χ2v) is 6.61. The van der Waals surface area contributed by atoms with E-state index in [1.54, 1.807) is 6.26 Å². The third-order valence-electron chi connectivity index (χ3n) is 3.05. The summed E-state index contributed by atoms with van der Waals surface area (Å²) >= 11 is 0. The summed E-state index contributed by atoms with van der Waals surface area (Å²) in [6.45, 7) is 2.07. The van der Waals surface area contributed by atoms with Crippen molar-refractivity contribution in [2.24, 2.45) is 0 Å². The van der Waals surface area contributed by atoms with Gasteiger partial charge in [0.25, 0.3) is 0 Å². The molecule has 0 unspecified atom stereocenters. The summed E-state index contributed by atoms with van der Waals surface area (Å²) in [6, 6.07) is 7.43. The van der Waals surface area contributed by atoms with Crippen molar-refractivity contribution in [1.29, 1.82) is 0 Å². The molecular formula is C15H24N2O2S. The molecule has 1 aromatic carbocycles. The van der Waals surface area contributed by atoms with E-state index in [2.05, 4.69) is 12.2 Å². The van der Waals surface area contributed by atoms with E-state index in [9.17, 15) is 9.00 Å². The molecule has 0 heterocycles. The molecule has 20 heavy (non-hydrogen) atoms.